The zero-order chi connectivity index (χ0) is 12.6. The zero-order valence-electron chi connectivity index (χ0n) is 8.74. The Morgan fingerprint density at radius 2 is 2.12 bits per heavy atom. The number of nitrogens with zero attached hydrogens (tertiary/aromatic N) is 4. The first kappa shape index (κ1) is 11.6. The lowest BCUT2D eigenvalue weighted by molar-refractivity contribution is -0.145. The first-order valence-corrected chi connectivity index (χ1v) is 4.84. The molecular formula is C9H9F3N4O. The predicted molar refractivity (Wildman–Crippen MR) is 50.6 cm³/mol. The van der Waals surface area contributed by atoms with Crippen LogP contribution in [-0.2, 0) is 24.1 Å². The molecule has 1 aliphatic heterocycles. The van der Waals surface area contributed by atoms with Gasteiger partial charge in [-0.05, 0) is 6.08 Å². The summed E-state index contributed by atoms with van der Waals surface area (Å²) < 4.78 is 38.3. The number of alkyl halides is 3. The summed E-state index contributed by atoms with van der Waals surface area (Å²) >= 11 is 0. The molecule has 92 valence electrons. The number of amides is 1. The van der Waals surface area contributed by atoms with Crippen LogP contribution < -0.4 is 0 Å². The Morgan fingerprint density at radius 1 is 1.41 bits per heavy atom. The van der Waals surface area contributed by atoms with Crippen molar-refractivity contribution in [2.75, 3.05) is 6.54 Å². The standard InChI is InChI=1S/C9H9F3N4O/c1-2-7(17)15-3-4-16-6(5-15)13-8(14-16)9(10,11)12/h2H,1,3-5H2. The molecular weight excluding hydrogens is 237 g/mol. The molecule has 0 N–H and O–H groups in total. The van der Waals surface area contributed by atoms with Crippen LogP contribution in [0.2, 0.25) is 0 Å². The van der Waals surface area contributed by atoms with E-state index in [-0.39, 0.29) is 24.8 Å². The van der Waals surface area contributed by atoms with Crippen molar-refractivity contribution in [2.45, 2.75) is 19.3 Å². The average molecular weight is 246 g/mol. The summed E-state index contributed by atoms with van der Waals surface area (Å²) in [7, 11) is 0. The second-order valence-corrected chi connectivity index (χ2v) is 3.54. The topological polar surface area (TPSA) is 51.0 Å². The van der Waals surface area contributed by atoms with Crippen LogP contribution in [-0.4, -0.2) is 32.1 Å². The molecule has 0 saturated heterocycles. The molecule has 2 rings (SSSR count). The number of carbonyl (C=O) groups excluding carboxylic acids is 1. The molecule has 2 heterocycles. The van der Waals surface area contributed by atoms with Crippen LogP contribution in [0.4, 0.5) is 13.2 Å². The van der Waals surface area contributed by atoms with Crippen molar-refractivity contribution < 1.29 is 18.0 Å². The van der Waals surface area contributed by atoms with E-state index in [0.717, 1.165) is 6.08 Å². The van der Waals surface area contributed by atoms with E-state index < -0.39 is 12.0 Å². The Morgan fingerprint density at radius 3 is 2.71 bits per heavy atom. The molecule has 1 amide bonds. The van der Waals surface area contributed by atoms with Crippen LogP contribution >= 0.6 is 0 Å². The summed E-state index contributed by atoms with van der Waals surface area (Å²) in [5.41, 5.74) is 0. The van der Waals surface area contributed by atoms with Gasteiger partial charge in [-0.25, -0.2) is 9.67 Å². The van der Waals surface area contributed by atoms with Gasteiger partial charge in [0.1, 0.15) is 5.82 Å². The fourth-order valence-electron chi connectivity index (χ4n) is 1.57. The fourth-order valence-corrected chi connectivity index (χ4v) is 1.57. The maximum Gasteiger partial charge on any atom is 0.453 e. The lowest BCUT2D eigenvalue weighted by atomic mass is 10.3. The van der Waals surface area contributed by atoms with E-state index in [1.807, 2.05) is 0 Å². The lowest BCUT2D eigenvalue weighted by Gasteiger charge is -2.25. The van der Waals surface area contributed by atoms with Gasteiger partial charge >= 0.3 is 6.18 Å². The summed E-state index contributed by atoms with van der Waals surface area (Å²) in [4.78, 5) is 16.1. The Labute approximate surface area is 94.5 Å². The summed E-state index contributed by atoms with van der Waals surface area (Å²) in [5, 5.41) is 3.36. The number of carbonyl (C=O) groups is 1. The third-order valence-electron chi connectivity index (χ3n) is 2.40. The van der Waals surface area contributed by atoms with E-state index in [4.69, 9.17) is 0 Å². The number of fused-ring (bicyclic) bond motifs is 1. The molecule has 17 heavy (non-hydrogen) atoms. The number of hydrogen-bond donors (Lipinski definition) is 0. The van der Waals surface area contributed by atoms with Crippen molar-refractivity contribution in [1.29, 1.82) is 0 Å². The molecule has 0 saturated carbocycles. The van der Waals surface area contributed by atoms with Gasteiger partial charge in [0, 0.05) is 6.54 Å². The molecule has 0 aromatic carbocycles. The molecule has 1 aromatic rings. The van der Waals surface area contributed by atoms with Crippen molar-refractivity contribution in [3.8, 4) is 0 Å². The highest BCUT2D eigenvalue weighted by Gasteiger charge is 2.38. The van der Waals surface area contributed by atoms with Gasteiger partial charge in [-0.1, -0.05) is 6.58 Å². The van der Waals surface area contributed by atoms with Crippen molar-refractivity contribution >= 4 is 5.91 Å². The molecule has 0 fully saturated rings. The molecule has 0 spiro atoms. The van der Waals surface area contributed by atoms with Crippen LogP contribution in [0.3, 0.4) is 0 Å². The largest absolute Gasteiger partial charge is 0.453 e. The first-order chi connectivity index (χ1) is 7.91. The van der Waals surface area contributed by atoms with E-state index in [2.05, 4.69) is 16.7 Å². The van der Waals surface area contributed by atoms with E-state index in [1.54, 1.807) is 0 Å². The van der Waals surface area contributed by atoms with Gasteiger partial charge in [-0.15, -0.1) is 5.10 Å². The number of halogens is 3. The maximum absolute atomic E-state index is 12.4. The van der Waals surface area contributed by atoms with Crippen molar-refractivity contribution in [1.82, 2.24) is 19.7 Å². The Bertz CT molecular complexity index is 465. The van der Waals surface area contributed by atoms with E-state index in [9.17, 15) is 18.0 Å². The van der Waals surface area contributed by atoms with Crippen LogP contribution in [0, 0.1) is 0 Å². The molecule has 1 aliphatic rings. The summed E-state index contributed by atoms with van der Waals surface area (Å²) in [6, 6.07) is 0. The average Bonchev–Trinajstić information content (AvgIpc) is 2.70. The summed E-state index contributed by atoms with van der Waals surface area (Å²) in [5.74, 6) is -1.35. The molecule has 8 heteroatoms. The van der Waals surface area contributed by atoms with Crippen LogP contribution in [0.5, 0.6) is 0 Å². The molecule has 5 nitrogen and oxygen atoms in total. The third kappa shape index (κ3) is 2.15. The van der Waals surface area contributed by atoms with Gasteiger partial charge in [-0.2, -0.15) is 13.2 Å². The molecule has 1 aromatic heterocycles. The van der Waals surface area contributed by atoms with Crippen molar-refractivity contribution in [3.05, 3.63) is 24.3 Å². The minimum atomic E-state index is -4.56. The number of rotatable bonds is 1. The van der Waals surface area contributed by atoms with E-state index in [1.165, 1.54) is 9.58 Å². The Balaban J connectivity index is 2.24. The normalized spacial score (nSPS) is 15.6. The van der Waals surface area contributed by atoms with Crippen LogP contribution in [0.15, 0.2) is 12.7 Å². The smallest absolute Gasteiger partial charge is 0.330 e. The van der Waals surface area contributed by atoms with Gasteiger partial charge in [-0.3, -0.25) is 4.79 Å². The third-order valence-corrected chi connectivity index (χ3v) is 2.40. The highest BCUT2D eigenvalue weighted by Crippen LogP contribution is 2.27. The first-order valence-electron chi connectivity index (χ1n) is 4.84. The quantitative estimate of drug-likeness (QED) is 0.689. The zero-order valence-corrected chi connectivity index (χ0v) is 8.74. The molecule has 0 radical (unpaired) electrons. The molecule has 0 bridgehead atoms. The SMILES string of the molecule is C=CC(=O)N1CCn2nc(C(F)(F)F)nc2C1. The second-order valence-electron chi connectivity index (χ2n) is 3.54. The second kappa shape index (κ2) is 3.86. The van der Waals surface area contributed by atoms with Gasteiger partial charge in [0.15, 0.2) is 0 Å². The van der Waals surface area contributed by atoms with E-state index >= 15 is 0 Å². The number of aromatic nitrogens is 3. The maximum atomic E-state index is 12.4. The monoisotopic (exact) mass is 246 g/mol. The molecule has 0 aliphatic carbocycles. The van der Waals surface area contributed by atoms with Crippen molar-refractivity contribution in [2.24, 2.45) is 0 Å². The summed E-state index contributed by atoms with van der Waals surface area (Å²) in [6.45, 7) is 3.85. The highest BCUT2D eigenvalue weighted by molar-refractivity contribution is 5.86. The van der Waals surface area contributed by atoms with Gasteiger partial charge < -0.3 is 4.90 Å². The highest BCUT2D eigenvalue weighted by atomic mass is 19.4. The van der Waals surface area contributed by atoms with Gasteiger partial charge in [0.2, 0.25) is 5.91 Å². The Kier molecular flexibility index (Phi) is 2.64. The molecule has 0 unspecified atom stereocenters. The Hall–Kier alpha value is -1.86. The lowest BCUT2D eigenvalue weighted by Crippen LogP contribution is -2.37. The van der Waals surface area contributed by atoms with Gasteiger partial charge in [0.05, 0.1) is 13.1 Å². The predicted octanol–water partition coefficient (Wildman–Crippen LogP) is 0.825. The van der Waals surface area contributed by atoms with Crippen molar-refractivity contribution in [3.63, 3.8) is 0 Å². The minimum absolute atomic E-state index is 0.0218. The molecule has 0 atom stereocenters. The van der Waals surface area contributed by atoms with Gasteiger partial charge in [0.25, 0.3) is 5.82 Å². The van der Waals surface area contributed by atoms with Crippen LogP contribution in [0.25, 0.3) is 0 Å². The van der Waals surface area contributed by atoms with Crippen LogP contribution in [0.1, 0.15) is 11.6 Å². The summed E-state index contributed by atoms with van der Waals surface area (Å²) in [6.07, 6.45) is -3.44. The number of hydrogen-bond acceptors (Lipinski definition) is 3. The minimum Gasteiger partial charge on any atom is -0.330 e. The van der Waals surface area contributed by atoms with E-state index in [0.29, 0.717) is 6.54 Å². The fraction of sp³-hybridized carbons (Fsp3) is 0.444.